The Hall–Kier alpha value is -3.80. The number of fused-ring (bicyclic) bond motifs is 1. The molecule has 3 heterocycles. The van der Waals surface area contributed by atoms with Crippen LogP contribution in [0.1, 0.15) is 29.9 Å². The number of ether oxygens (including phenoxy) is 1. The smallest absolute Gasteiger partial charge is 0.325 e. The van der Waals surface area contributed by atoms with Crippen LogP contribution in [-0.4, -0.2) is 75.1 Å². The molecule has 0 aromatic carbocycles. The largest absolute Gasteiger partial charge is 0.480 e. The van der Waals surface area contributed by atoms with Gasteiger partial charge in [-0.1, -0.05) is 0 Å². The molecule has 3 N–H and O–H groups in total. The highest BCUT2D eigenvalue weighted by Crippen LogP contribution is 2.28. The summed E-state index contributed by atoms with van der Waals surface area (Å²) in [5.41, 5.74) is 1.78. The summed E-state index contributed by atoms with van der Waals surface area (Å²) in [6.07, 6.45) is 1.68. The Balaban J connectivity index is 2.17. The van der Waals surface area contributed by atoms with Gasteiger partial charge in [0.05, 0.1) is 13.2 Å². The molecule has 3 rings (SSSR count). The maximum absolute atomic E-state index is 12.9. The number of pyridine rings is 1. The summed E-state index contributed by atoms with van der Waals surface area (Å²) in [5, 5.41) is 19.3. The molecule has 176 valence electrons. The standard InChI is InChI=1S/C21H28N8O4/c1-6-33-10-9-29-17-15(16(27-29)19(30)23-13(3)20(31)32)25-21(28(4)5)26-18(17)24-14-11-12(2)7-8-22-14/h7-8,11,13H,6,9-10H2,1-5H3,(H,23,30)(H,31,32)(H,22,24,25,26)/t13-/m1/s1. The van der Waals surface area contributed by atoms with Gasteiger partial charge in [-0.25, -0.2) is 9.97 Å². The van der Waals surface area contributed by atoms with Gasteiger partial charge in [0.1, 0.15) is 22.9 Å². The van der Waals surface area contributed by atoms with E-state index in [0.717, 1.165) is 5.56 Å². The average Bonchev–Trinajstić information content (AvgIpc) is 3.13. The number of aromatic nitrogens is 5. The summed E-state index contributed by atoms with van der Waals surface area (Å²) in [7, 11) is 3.56. The molecule has 3 aromatic rings. The zero-order chi connectivity index (χ0) is 24.1. The molecule has 0 aliphatic rings. The van der Waals surface area contributed by atoms with Crippen molar-refractivity contribution in [2.45, 2.75) is 33.4 Å². The molecular weight excluding hydrogens is 428 g/mol. The van der Waals surface area contributed by atoms with Crippen molar-refractivity contribution < 1.29 is 19.4 Å². The normalized spacial score (nSPS) is 11.9. The van der Waals surface area contributed by atoms with Gasteiger partial charge < -0.3 is 25.4 Å². The molecular formula is C21H28N8O4. The van der Waals surface area contributed by atoms with E-state index in [1.54, 1.807) is 29.9 Å². The number of aryl methyl sites for hydroxylation is 1. The number of rotatable bonds is 10. The van der Waals surface area contributed by atoms with Crippen LogP contribution in [0.2, 0.25) is 0 Å². The zero-order valence-corrected chi connectivity index (χ0v) is 19.3. The minimum atomic E-state index is -1.15. The topological polar surface area (TPSA) is 147 Å². The highest BCUT2D eigenvalue weighted by Gasteiger charge is 2.26. The summed E-state index contributed by atoms with van der Waals surface area (Å²) in [4.78, 5) is 39.3. The van der Waals surface area contributed by atoms with Crippen molar-refractivity contribution in [2.24, 2.45) is 0 Å². The van der Waals surface area contributed by atoms with Crippen LogP contribution in [0.25, 0.3) is 11.0 Å². The van der Waals surface area contributed by atoms with E-state index in [2.05, 4.69) is 30.7 Å². The lowest BCUT2D eigenvalue weighted by Crippen LogP contribution is -2.38. The first-order chi connectivity index (χ1) is 15.7. The summed E-state index contributed by atoms with van der Waals surface area (Å²) in [6.45, 7) is 6.44. The van der Waals surface area contributed by atoms with E-state index < -0.39 is 17.9 Å². The summed E-state index contributed by atoms with van der Waals surface area (Å²) >= 11 is 0. The number of carboxylic acids is 1. The molecule has 0 radical (unpaired) electrons. The molecule has 12 heteroatoms. The third-order valence-corrected chi connectivity index (χ3v) is 4.72. The van der Waals surface area contributed by atoms with Crippen LogP contribution in [-0.2, 0) is 16.1 Å². The molecule has 0 unspecified atom stereocenters. The molecule has 1 atom stereocenters. The molecule has 0 aliphatic heterocycles. The van der Waals surface area contributed by atoms with E-state index >= 15 is 0 Å². The molecule has 0 fully saturated rings. The van der Waals surface area contributed by atoms with Gasteiger partial charge >= 0.3 is 5.97 Å². The van der Waals surface area contributed by atoms with E-state index in [0.29, 0.717) is 42.9 Å². The number of nitrogens with zero attached hydrogens (tertiary/aromatic N) is 6. The quantitative estimate of drug-likeness (QED) is 0.384. The molecule has 3 aromatic heterocycles. The summed E-state index contributed by atoms with van der Waals surface area (Å²) < 4.78 is 7.05. The van der Waals surface area contributed by atoms with Crippen LogP contribution in [0.4, 0.5) is 17.6 Å². The Morgan fingerprint density at radius 2 is 2.06 bits per heavy atom. The fourth-order valence-electron chi connectivity index (χ4n) is 3.02. The van der Waals surface area contributed by atoms with Crippen LogP contribution >= 0.6 is 0 Å². The van der Waals surface area contributed by atoms with Crippen molar-refractivity contribution in [2.75, 3.05) is 37.5 Å². The second-order valence-electron chi connectivity index (χ2n) is 7.61. The lowest BCUT2D eigenvalue weighted by molar-refractivity contribution is -0.138. The van der Waals surface area contributed by atoms with E-state index in [1.165, 1.54) is 6.92 Å². The lowest BCUT2D eigenvalue weighted by Gasteiger charge is -2.14. The highest BCUT2D eigenvalue weighted by atomic mass is 16.5. The fraction of sp³-hybridized carbons (Fsp3) is 0.429. The average molecular weight is 457 g/mol. The second-order valence-corrected chi connectivity index (χ2v) is 7.61. The van der Waals surface area contributed by atoms with Crippen LogP contribution in [0, 0.1) is 6.92 Å². The lowest BCUT2D eigenvalue weighted by atomic mass is 10.2. The van der Waals surface area contributed by atoms with Crippen molar-refractivity contribution in [3.8, 4) is 0 Å². The number of aliphatic carboxylic acids is 1. The minimum absolute atomic E-state index is 0.000324. The second kappa shape index (κ2) is 10.2. The molecule has 0 spiro atoms. The first-order valence-electron chi connectivity index (χ1n) is 10.5. The maximum Gasteiger partial charge on any atom is 0.325 e. The van der Waals surface area contributed by atoms with Crippen molar-refractivity contribution in [1.29, 1.82) is 0 Å². The number of hydrogen-bond acceptors (Lipinski definition) is 9. The summed E-state index contributed by atoms with van der Waals surface area (Å²) in [6, 6.07) is 2.65. The van der Waals surface area contributed by atoms with Gasteiger partial charge in [0.15, 0.2) is 11.5 Å². The molecule has 0 bridgehead atoms. The number of carboxylic acid groups (broad SMARTS) is 1. The third kappa shape index (κ3) is 5.52. The highest BCUT2D eigenvalue weighted by molar-refractivity contribution is 6.07. The van der Waals surface area contributed by atoms with Crippen molar-refractivity contribution in [3.63, 3.8) is 0 Å². The van der Waals surface area contributed by atoms with Gasteiger partial charge in [-0.05, 0) is 38.5 Å². The predicted octanol–water partition coefficient (Wildman–Crippen LogP) is 1.58. The summed E-state index contributed by atoms with van der Waals surface area (Å²) in [5.74, 6) is -0.464. The van der Waals surface area contributed by atoms with Crippen molar-refractivity contribution in [3.05, 3.63) is 29.6 Å². The maximum atomic E-state index is 12.9. The van der Waals surface area contributed by atoms with Crippen molar-refractivity contribution >= 4 is 40.5 Å². The number of anilines is 3. The fourth-order valence-corrected chi connectivity index (χ4v) is 3.02. The van der Waals surface area contributed by atoms with Gasteiger partial charge in [0, 0.05) is 26.9 Å². The number of hydrogen-bond donors (Lipinski definition) is 3. The van der Waals surface area contributed by atoms with E-state index in [9.17, 15) is 14.7 Å². The first-order valence-corrected chi connectivity index (χ1v) is 10.5. The number of carbonyl (C=O) groups excluding carboxylic acids is 1. The molecule has 0 saturated heterocycles. The van der Waals surface area contributed by atoms with Crippen LogP contribution in [0.3, 0.4) is 0 Å². The Bertz CT molecular complexity index is 1160. The zero-order valence-electron chi connectivity index (χ0n) is 19.3. The van der Waals surface area contributed by atoms with Gasteiger partial charge in [0.25, 0.3) is 5.91 Å². The van der Waals surface area contributed by atoms with E-state index in [-0.39, 0.29) is 11.2 Å². The van der Waals surface area contributed by atoms with Crippen LogP contribution in [0.15, 0.2) is 18.3 Å². The Morgan fingerprint density at radius 3 is 2.70 bits per heavy atom. The Kier molecular flexibility index (Phi) is 7.38. The molecule has 12 nitrogen and oxygen atoms in total. The third-order valence-electron chi connectivity index (χ3n) is 4.72. The first kappa shape index (κ1) is 23.9. The van der Waals surface area contributed by atoms with Crippen molar-refractivity contribution in [1.82, 2.24) is 30.0 Å². The van der Waals surface area contributed by atoms with Crippen LogP contribution in [0.5, 0.6) is 0 Å². The number of carbonyl (C=O) groups is 2. The molecule has 1 amide bonds. The minimum Gasteiger partial charge on any atom is -0.480 e. The molecule has 33 heavy (non-hydrogen) atoms. The van der Waals surface area contributed by atoms with Gasteiger partial charge in [-0.2, -0.15) is 10.1 Å². The number of amides is 1. The van der Waals surface area contributed by atoms with Gasteiger partial charge in [-0.3, -0.25) is 14.3 Å². The molecule has 0 aliphatic carbocycles. The SMILES string of the molecule is CCOCCn1nc(C(=O)N[C@H](C)C(=O)O)c2nc(N(C)C)nc(Nc3cc(C)ccn3)c21. The van der Waals surface area contributed by atoms with Gasteiger partial charge in [0.2, 0.25) is 5.95 Å². The Morgan fingerprint density at radius 1 is 1.30 bits per heavy atom. The van der Waals surface area contributed by atoms with E-state index in [4.69, 9.17) is 4.74 Å². The molecule has 0 saturated carbocycles. The van der Waals surface area contributed by atoms with E-state index in [1.807, 2.05) is 26.0 Å². The number of nitrogens with one attached hydrogen (secondary N) is 2. The predicted molar refractivity (Wildman–Crippen MR) is 123 cm³/mol. The van der Waals surface area contributed by atoms with Crippen LogP contribution < -0.4 is 15.5 Å². The Labute approximate surface area is 191 Å². The monoisotopic (exact) mass is 456 g/mol. The van der Waals surface area contributed by atoms with Gasteiger partial charge in [-0.15, -0.1) is 0 Å².